The summed E-state index contributed by atoms with van der Waals surface area (Å²) >= 11 is 0. The van der Waals surface area contributed by atoms with Crippen molar-refractivity contribution in [2.45, 2.75) is 52.3 Å². The lowest BCUT2D eigenvalue weighted by Crippen LogP contribution is -2.54. The van der Waals surface area contributed by atoms with Gasteiger partial charge in [-0.3, -0.25) is 9.59 Å². The summed E-state index contributed by atoms with van der Waals surface area (Å²) in [5, 5.41) is 27.1. The Morgan fingerprint density at radius 3 is 2.19 bits per heavy atom. The summed E-state index contributed by atoms with van der Waals surface area (Å²) in [5.41, 5.74) is 0.676. The summed E-state index contributed by atoms with van der Waals surface area (Å²) in [4.78, 5) is 25.4. The van der Waals surface area contributed by atoms with Crippen molar-refractivity contribution in [3.05, 3.63) is 30.3 Å². The van der Waals surface area contributed by atoms with Crippen molar-refractivity contribution < 1.29 is 19.8 Å². The zero-order chi connectivity index (χ0) is 20.4. The monoisotopic (exact) mass is 385 g/mol. The van der Waals surface area contributed by atoms with Crippen LogP contribution in [0.2, 0.25) is 0 Å². The first-order chi connectivity index (χ1) is 12.7. The predicted molar refractivity (Wildman–Crippen MR) is 106 cm³/mol. The van der Waals surface area contributed by atoms with E-state index in [4.69, 9.17) is 5.11 Å². The number of rotatable bonds is 11. The van der Waals surface area contributed by atoms with E-state index in [0.29, 0.717) is 12.1 Å². The highest BCUT2D eigenvalue weighted by molar-refractivity contribution is 5.97. The molecule has 3 atom stereocenters. The van der Waals surface area contributed by atoms with Gasteiger partial charge in [-0.15, -0.1) is 0 Å². The molecule has 0 aromatic heterocycles. The molecule has 0 fully saturated rings. The van der Waals surface area contributed by atoms with Crippen molar-refractivity contribution in [3.8, 4) is 0 Å². The Bertz CT molecular complexity index is 578. The zero-order valence-electron chi connectivity index (χ0n) is 16.6. The number of aliphatic hydroxyl groups is 2. The molecule has 1 aromatic carbocycles. The van der Waals surface area contributed by atoms with Gasteiger partial charge < -0.3 is 26.2 Å². The van der Waals surface area contributed by atoms with Gasteiger partial charge in [0.1, 0.15) is 6.04 Å². The molecule has 0 bridgehead atoms. The van der Waals surface area contributed by atoms with Gasteiger partial charge in [0.05, 0.1) is 18.8 Å². The van der Waals surface area contributed by atoms with E-state index in [2.05, 4.69) is 16.0 Å². The molecule has 152 valence electrons. The van der Waals surface area contributed by atoms with Gasteiger partial charge in [0.15, 0.2) is 0 Å². The van der Waals surface area contributed by atoms with Gasteiger partial charge in [0, 0.05) is 12.2 Å². The lowest BCUT2D eigenvalue weighted by Gasteiger charge is -2.26. The van der Waals surface area contributed by atoms with E-state index < -0.39 is 18.2 Å². The van der Waals surface area contributed by atoms with Gasteiger partial charge in [-0.2, -0.15) is 0 Å². The number of benzene rings is 1. The molecule has 1 unspecified atom stereocenters. The molecule has 2 amide bonds. The van der Waals surface area contributed by atoms with Crippen LogP contribution < -0.4 is 16.0 Å². The van der Waals surface area contributed by atoms with E-state index in [1.54, 1.807) is 12.1 Å². The minimum Gasteiger partial charge on any atom is -0.394 e. The minimum absolute atomic E-state index is 0.0484. The average molecular weight is 385 g/mol. The third-order valence-corrected chi connectivity index (χ3v) is 4.11. The lowest BCUT2D eigenvalue weighted by molar-refractivity contribution is -0.129. The molecule has 0 saturated carbocycles. The topological polar surface area (TPSA) is 111 Å². The van der Waals surface area contributed by atoms with Crippen molar-refractivity contribution in [2.75, 3.05) is 18.5 Å². The van der Waals surface area contributed by atoms with Crippen LogP contribution in [0.5, 0.6) is 0 Å². The van der Waals surface area contributed by atoms with Crippen molar-refractivity contribution >= 4 is 17.5 Å². The van der Waals surface area contributed by atoms with Gasteiger partial charge in [-0.1, -0.05) is 45.9 Å². The number of aliphatic hydroxyl groups excluding tert-OH is 2. The maximum absolute atomic E-state index is 12.7. The van der Waals surface area contributed by atoms with E-state index in [0.717, 1.165) is 0 Å². The van der Waals surface area contributed by atoms with Crippen molar-refractivity contribution in [1.82, 2.24) is 10.6 Å². The molecule has 1 rings (SSSR count). The molecule has 0 saturated heterocycles. The summed E-state index contributed by atoms with van der Waals surface area (Å²) in [6, 6.07) is 7.87. The molecule has 0 aliphatic carbocycles. The van der Waals surface area contributed by atoms with Crippen LogP contribution in [0.15, 0.2) is 30.3 Å². The van der Waals surface area contributed by atoms with Gasteiger partial charge in [0.25, 0.3) is 0 Å². The minimum atomic E-state index is -0.938. The Kier molecular flexibility index (Phi) is 9.99. The number of nitrogens with one attached hydrogen (secondary N) is 3. The fraction of sp³-hybridized carbons (Fsp3) is 0.600. The van der Waals surface area contributed by atoms with E-state index in [1.165, 1.54) is 0 Å². The van der Waals surface area contributed by atoms with E-state index in [-0.39, 0.29) is 36.8 Å². The van der Waals surface area contributed by atoms with Crippen LogP contribution >= 0.6 is 0 Å². The molecule has 1 aromatic rings. The SMILES string of the molecule is CC(C)C[C@H](N[13C](=O)[13C@H]([15NH]CC(O)CO)[13CH]([13CH3])[13CH3])C(=O)Nc1ccccc1. The van der Waals surface area contributed by atoms with Gasteiger partial charge >= 0.3 is 0 Å². The molecule has 7 nitrogen and oxygen atoms in total. The summed E-state index contributed by atoms with van der Waals surface area (Å²) in [7, 11) is 0. The Hall–Kier alpha value is -1.96. The molecule has 0 spiro atoms. The number of hydrogen-bond donors (Lipinski definition) is 5. The number of para-hydroxylation sites is 1. The third-order valence-electron chi connectivity index (χ3n) is 4.11. The number of carbonyl (C=O) groups is 2. The summed E-state index contributed by atoms with van der Waals surface area (Å²) in [6.07, 6.45) is -0.430. The molecule has 5 N–H and O–H groups in total. The fourth-order valence-electron chi connectivity index (χ4n) is 2.67. The van der Waals surface area contributed by atoms with Crippen LogP contribution in [0.25, 0.3) is 0 Å². The van der Waals surface area contributed by atoms with Crippen LogP contribution in [0.3, 0.4) is 0 Å². The van der Waals surface area contributed by atoms with Gasteiger partial charge in [0.2, 0.25) is 11.8 Å². The first kappa shape index (κ1) is 23.1. The van der Waals surface area contributed by atoms with E-state index >= 15 is 0 Å². The maximum atomic E-state index is 12.7. The van der Waals surface area contributed by atoms with Crippen LogP contribution in [0.1, 0.15) is 34.1 Å². The lowest BCUT2D eigenvalue weighted by atomic mass is 10.0. The third kappa shape index (κ3) is 8.51. The van der Waals surface area contributed by atoms with Crippen molar-refractivity contribution in [3.63, 3.8) is 0 Å². The first-order valence-electron chi connectivity index (χ1n) is 9.43. The number of anilines is 1. The van der Waals surface area contributed by atoms with E-state index in [9.17, 15) is 14.7 Å². The molecule has 0 radical (unpaired) electrons. The van der Waals surface area contributed by atoms with Crippen LogP contribution in [0, 0.1) is 11.8 Å². The quantitative estimate of drug-likeness (QED) is 0.290. The molecule has 7 heteroatoms. The summed E-state index contributed by atoms with van der Waals surface area (Å²) in [6.45, 7) is 7.45. The number of hydrogen-bond acceptors (Lipinski definition) is 5. The van der Waals surface area contributed by atoms with E-state index in [1.807, 2.05) is 45.9 Å². The summed E-state index contributed by atoms with van der Waals surface area (Å²) in [5.74, 6) is -0.392. The van der Waals surface area contributed by atoms with Crippen LogP contribution in [-0.4, -0.2) is 53.4 Å². The standard InChI is InChI=1S/C20H33N3O4/c1-13(2)10-17(19(26)22-15-8-6-5-7-9-15)23-20(27)18(14(3)4)21-11-16(25)12-24/h5-9,13-14,16-18,21,24-25H,10-12H2,1-4H3,(H,22,26)(H,23,27)/t16?,17-,18+/m0/s1/i3+1,4+1,14+1,18+1,20+1,21+1. The highest BCUT2D eigenvalue weighted by Gasteiger charge is 2.28. The fourth-order valence-corrected chi connectivity index (χ4v) is 2.67. The van der Waals surface area contributed by atoms with Crippen molar-refractivity contribution in [2.24, 2.45) is 11.8 Å². The molecule has 0 aliphatic rings. The maximum Gasteiger partial charge on any atom is 0.246 e. The highest BCUT2D eigenvalue weighted by atomic mass is 16.3. The Morgan fingerprint density at radius 2 is 1.67 bits per heavy atom. The Labute approximate surface area is 161 Å². The smallest absolute Gasteiger partial charge is 0.246 e. The van der Waals surface area contributed by atoms with Crippen LogP contribution in [0.4, 0.5) is 5.69 Å². The normalized spacial score (nSPS) is 14.7. The first-order valence-corrected chi connectivity index (χ1v) is 9.43. The van der Waals surface area contributed by atoms with Crippen LogP contribution in [-0.2, 0) is 9.59 Å². The van der Waals surface area contributed by atoms with Crippen molar-refractivity contribution in [1.29, 1.82) is 0 Å². The Balaban J connectivity index is 2.80. The Morgan fingerprint density at radius 1 is 1.04 bits per heavy atom. The second-order valence-corrected chi connectivity index (χ2v) is 7.51. The van der Waals surface area contributed by atoms with Gasteiger partial charge in [-0.05, 0) is 30.4 Å². The zero-order valence-corrected chi connectivity index (χ0v) is 16.6. The molecule has 0 heterocycles. The molecule has 27 heavy (non-hydrogen) atoms. The average Bonchev–Trinajstić information content (AvgIpc) is 2.61. The summed E-state index contributed by atoms with van der Waals surface area (Å²) < 4.78 is 0. The molecular formula is C20H33N3O4. The number of amides is 2. The second kappa shape index (κ2) is 11.7. The molecule has 0 aliphatic heterocycles. The highest BCUT2D eigenvalue weighted by Crippen LogP contribution is 2.11. The number of carbonyl (C=O) groups excluding carboxylic acids is 2. The predicted octanol–water partition coefficient (Wildman–Crippen LogP) is 1.12. The molecular weight excluding hydrogens is 352 g/mol. The second-order valence-electron chi connectivity index (χ2n) is 7.51. The van der Waals surface area contributed by atoms with Gasteiger partial charge in [-0.25, -0.2) is 0 Å². The largest absolute Gasteiger partial charge is 0.394 e.